The van der Waals surface area contributed by atoms with E-state index in [0.29, 0.717) is 18.8 Å². The first-order valence-electron chi connectivity index (χ1n) is 5.16. The molecule has 0 aromatic heterocycles. The zero-order valence-electron chi connectivity index (χ0n) is 9.28. The zero-order valence-corrected chi connectivity index (χ0v) is 10.0. The van der Waals surface area contributed by atoms with Crippen molar-refractivity contribution in [3.63, 3.8) is 0 Å². The van der Waals surface area contributed by atoms with Crippen LogP contribution in [0, 0.1) is 0 Å². The third-order valence-corrected chi connectivity index (χ3v) is 2.64. The summed E-state index contributed by atoms with van der Waals surface area (Å²) in [5, 5.41) is 3.22. The van der Waals surface area contributed by atoms with Crippen molar-refractivity contribution in [3.05, 3.63) is 35.9 Å². The Labute approximate surface area is 101 Å². The van der Waals surface area contributed by atoms with E-state index < -0.39 is 0 Å². The van der Waals surface area contributed by atoms with Gasteiger partial charge < -0.3 is 10.1 Å². The topological polar surface area (TPSA) is 38.3 Å². The van der Waals surface area contributed by atoms with Crippen molar-refractivity contribution in [1.82, 2.24) is 5.32 Å². The maximum atomic E-state index is 11.1. The van der Waals surface area contributed by atoms with Gasteiger partial charge in [-0.2, -0.15) is 0 Å². The molecule has 1 unspecified atom stereocenters. The summed E-state index contributed by atoms with van der Waals surface area (Å²) < 4.78 is 4.60. The van der Waals surface area contributed by atoms with Gasteiger partial charge in [-0.3, -0.25) is 4.79 Å². The van der Waals surface area contributed by atoms with Crippen molar-refractivity contribution in [1.29, 1.82) is 0 Å². The van der Waals surface area contributed by atoms with Crippen molar-refractivity contribution in [2.24, 2.45) is 0 Å². The molecule has 0 saturated heterocycles. The van der Waals surface area contributed by atoms with Gasteiger partial charge in [-0.1, -0.05) is 30.3 Å². The van der Waals surface area contributed by atoms with Gasteiger partial charge in [0, 0.05) is 18.5 Å². The number of ether oxygens (including phenoxy) is 1. The minimum Gasteiger partial charge on any atom is -0.469 e. The SMILES string of the molecule is COC(=O)CC(CCl)NCc1ccccc1. The molecular weight excluding hydrogens is 226 g/mol. The highest BCUT2D eigenvalue weighted by Crippen LogP contribution is 2.02. The van der Waals surface area contributed by atoms with Crippen LogP contribution in [-0.4, -0.2) is 25.0 Å². The number of rotatable bonds is 6. The number of alkyl halides is 1. The number of esters is 1. The average molecular weight is 242 g/mol. The van der Waals surface area contributed by atoms with Crippen molar-refractivity contribution in [2.75, 3.05) is 13.0 Å². The Morgan fingerprint density at radius 3 is 2.69 bits per heavy atom. The standard InChI is InChI=1S/C12H16ClNO2/c1-16-12(15)7-11(8-13)14-9-10-5-3-2-4-6-10/h2-6,11,14H,7-9H2,1H3. The van der Waals surface area contributed by atoms with Crippen LogP contribution in [0.25, 0.3) is 0 Å². The van der Waals surface area contributed by atoms with Gasteiger partial charge in [0.05, 0.1) is 13.5 Å². The molecule has 4 heteroatoms. The van der Waals surface area contributed by atoms with Gasteiger partial charge in [0.25, 0.3) is 0 Å². The third kappa shape index (κ3) is 4.64. The van der Waals surface area contributed by atoms with E-state index in [2.05, 4.69) is 10.1 Å². The molecule has 0 saturated carbocycles. The number of hydrogen-bond acceptors (Lipinski definition) is 3. The first-order chi connectivity index (χ1) is 7.76. The van der Waals surface area contributed by atoms with E-state index in [9.17, 15) is 4.79 Å². The van der Waals surface area contributed by atoms with Crippen LogP contribution < -0.4 is 5.32 Å². The Balaban J connectivity index is 2.37. The molecule has 0 radical (unpaired) electrons. The lowest BCUT2D eigenvalue weighted by molar-refractivity contribution is -0.141. The number of carbonyl (C=O) groups excluding carboxylic acids is 1. The number of halogens is 1. The molecule has 1 atom stereocenters. The van der Waals surface area contributed by atoms with Crippen LogP contribution in [0.4, 0.5) is 0 Å². The molecule has 0 aliphatic rings. The summed E-state index contributed by atoms with van der Waals surface area (Å²) in [6, 6.07) is 9.93. The predicted octanol–water partition coefficient (Wildman–Crippen LogP) is 1.95. The second-order valence-electron chi connectivity index (χ2n) is 3.50. The molecule has 1 aromatic carbocycles. The highest BCUT2D eigenvalue weighted by molar-refractivity contribution is 6.18. The molecule has 1 N–H and O–H groups in total. The van der Waals surface area contributed by atoms with Gasteiger partial charge in [-0.25, -0.2) is 0 Å². The molecule has 0 aliphatic heterocycles. The van der Waals surface area contributed by atoms with E-state index >= 15 is 0 Å². The van der Waals surface area contributed by atoms with E-state index in [1.165, 1.54) is 12.7 Å². The molecule has 16 heavy (non-hydrogen) atoms. The maximum absolute atomic E-state index is 11.1. The zero-order chi connectivity index (χ0) is 11.8. The molecule has 0 heterocycles. The summed E-state index contributed by atoms with van der Waals surface area (Å²) in [5.74, 6) is 0.147. The normalized spacial score (nSPS) is 12.1. The maximum Gasteiger partial charge on any atom is 0.307 e. The van der Waals surface area contributed by atoms with Crippen LogP contribution in [0.15, 0.2) is 30.3 Å². The van der Waals surface area contributed by atoms with Crippen molar-refractivity contribution >= 4 is 17.6 Å². The Hall–Kier alpha value is -1.06. The third-order valence-electron chi connectivity index (χ3n) is 2.26. The summed E-state index contributed by atoms with van der Waals surface area (Å²) in [6.07, 6.45) is 0.298. The largest absolute Gasteiger partial charge is 0.469 e. The molecule has 0 bridgehead atoms. The van der Waals surface area contributed by atoms with Gasteiger partial charge in [0.1, 0.15) is 0 Å². The van der Waals surface area contributed by atoms with Gasteiger partial charge in [-0.15, -0.1) is 11.6 Å². The molecule has 3 nitrogen and oxygen atoms in total. The molecule has 1 rings (SSSR count). The molecule has 1 aromatic rings. The van der Waals surface area contributed by atoms with Crippen LogP contribution in [0.1, 0.15) is 12.0 Å². The fraction of sp³-hybridized carbons (Fsp3) is 0.417. The van der Waals surface area contributed by atoms with Gasteiger partial charge in [0.2, 0.25) is 0 Å². The number of methoxy groups -OCH3 is 1. The molecule has 0 fully saturated rings. The number of nitrogens with one attached hydrogen (secondary N) is 1. The van der Waals surface area contributed by atoms with Gasteiger partial charge >= 0.3 is 5.97 Å². The van der Waals surface area contributed by atoms with E-state index in [1.54, 1.807) is 0 Å². The summed E-state index contributed by atoms with van der Waals surface area (Å²) in [7, 11) is 1.38. The fourth-order valence-corrected chi connectivity index (χ4v) is 1.54. The molecule has 0 aliphatic carbocycles. The summed E-state index contributed by atoms with van der Waals surface area (Å²) in [5.41, 5.74) is 1.17. The van der Waals surface area contributed by atoms with E-state index in [4.69, 9.17) is 11.6 Å². The highest BCUT2D eigenvalue weighted by atomic mass is 35.5. The molecular formula is C12H16ClNO2. The van der Waals surface area contributed by atoms with Crippen LogP contribution >= 0.6 is 11.6 Å². The smallest absolute Gasteiger partial charge is 0.307 e. The first-order valence-corrected chi connectivity index (χ1v) is 5.69. The predicted molar refractivity (Wildman–Crippen MR) is 64.4 cm³/mol. The van der Waals surface area contributed by atoms with Crippen LogP contribution in [0.5, 0.6) is 0 Å². The van der Waals surface area contributed by atoms with Gasteiger partial charge in [0.15, 0.2) is 0 Å². The van der Waals surface area contributed by atoms with Gasteiger partial charge in [-0.05, 0) is 5.56 Å². The monoisotopic (exact) mass is 241 g/mol. The van der Waals surface area contributed by atoms with Crippen LogP contribution in [-0.2, 0) is 16.1 Å². The summed E-state index contributed by atoms with van der Waals surface area (Å²) >= 11 is 5.76. The molecule has 0 amide bonds. The Morgan fingerprint density at radius 1 is 1.44 bits per heavy atom. The summed E-state index contributed by atoms with van der Waals surface area (Å²) in [6.45, 7) is 0.704. The van der Waals surface area contributed by atoms with Crippen molar-refractivity contribution in [2.45, 2.75) is 19.0 Å². The van der Waals surface area contributed by atoms with Crippen LogP contribution in [0.2, 0.25) is 0 Å². The second kappa shape index (κ2) is 7.25. The average Bonchev–Trinajstić information content (AvgIpc) is 2.35. The molecule has 0 spiro atoms. The van der Waals surface area contributed by atoms with E-state index in [-0.39, 0.29) is 12.0 Å². The fourth-order valence-electron chi connectivity index (χ4n) is 1.32. The second-order valence-corrected chi connectivity index (χ2v) is 3.81. The van der Waals surface area contributed by atoms with E-state index in [0.717, 1.165) is 0 Å². The first kappa shape index (κ1) is 13.0. The Morgan fingerprint density at radius 2 is 2.12 bits per heavy atom. The number of benzene rings is 1. The Bertz CT molecular complexity index is 316. The van der Waals surface area contributed by atoms with Crippen molar-refractivity contribution in [3.8, 4) is 0 Å². The van der Waals surface area contributed by atoms with Crippen molar-refractivity contribution < 1.29 is 9.53 Å². The Kier molecular flexibility index (Phi) is 5.90. The molecule has 88 valence electrons. The lowest BCUT2D eigenvalue weighted by Crippen LogP contribution is -2.32. The minimum absolute atomic E-state index is 0.0469. The highest BCUT2D eigenvalue weighted by Gasteiger charge is 2.12. The lowest BCUT2D eigenvalue weighted by Gasteiger charge is -2.14. The quantitative estimate of drug-likeness (QED) is 0.611. The number of hydrogen-bond donors (Lipinski definition) is 1. The number of carbonyl (C=O) groups is 1. The lowest BCUT2D eigenvalue weighted by atomic mass is 10.2. The van der Waals surface area contributed by atoms with E-state index in [1.807, 2.05) is 30.3 Å². The summed E-state index contributed by atoms with van der Waals surface area (Å²) in [4.78, 5) is 11.1. The van der Waals surface area contributed by atoms with Crippen LogP contribution in [0.3, 0.4) is 0 Å². The minimum atomic E-state index is -0.244.